The molecule has 0 spiro atoms. The number of hydrogen-bond acceptors (Lipinski definition) is 11. The van der Waals surface area contributed by atoms with Crippen LogP contribution in [-0.4, -0.2) is 58.7 Å². The number of rotatable bonds is 9. The molecule has 0 aliphatic heterocycles. The van der Waals surface area contributed by atoms with Gasteiger partial charge in [-0.2, -0.15) is 0 Å². The third-order valence-electron chi connectivity index (χ3n) is 4.95. The Morgan fingerprint density at radius 1 is 0.972 bits per heavy atom. The van der Waals surface area contributed by atoms with Gasteiger partial charge in [-0.05, 0) is 36.4 Å². The molecule has 1 heterocycles. The summed E-state index contributed by atoms with van der Waals surface area (Å²) in [5.74, 6) is -0.841. The average molecular weight is 555 g/mol. The fraction of sp³-hybridized carbons (Fsp3) is 0.190. The van der Waals surface area contributed by atoms with E-state index in [2.05, 4.69) is 24.3 Å². The maximum absolute atomic E-state index is 12.8. The number of sulfone groups is 2. The minimum absolute atomic E-state index is 0.130. The van der Waals surface area contributed by atoms with Crippen molar-refractivity contribution in [3.63, 3.8) is 0 Å². The minimum atomic E-state index is -4.00. The molecule has 0 radical (unpaired) electrons. The van der Waals surface area contributed by atoms with Gasteiger partial charge in [-0.15, -0.1) is 0 Å². The first-order valence-corrected chi connectivity index (χ1v) is 15.3. The third kappa shape index (κ3) is 6.33. The molecule has 0 aliphatic rings. The van der Waals surface area contributed by atoms with Crippen molar-refractivity contribution in [1.82, 2.24) is 9.97 Å². The van der Waals surface area contributed by atoms with Crippen molar-refractivity contribution in [1.29, 1.82) is 0 Å². The molecule has 12 nitrogen and oxygen atoms in total. The van der Waals surface area contributed by atoms with Crippen LogP contribution in [0, 0.1) is 0 Å². The zero-order valence-electron chi connectivity index (χ0n) is 19.4. The molecule has 0 unspecified atom stereocenters. The third-order valence-corrected chi connectivity index (χ3v) is 10.8. The predicted molar refractivity (Wildman–Crippen MR) is 133 cm³/mol. The van der Waals surface area contributed by atoms with Crippen LogP contribution < -0.4 is 11.1 Å². The van der Waals surface area contributed by atoms with Crippen LogP contribution in [-0.2, 0) is 33.3 Å². The number of carbonyl (C=O) groups excluding carboxylic acids is 1. The van der Waals surface area contributed by atoms with Gasteiger partial charge in [0.1, 0.15) is 0 Å². The molecule has 0 atom stereocenters. The van der Waals surface area contributed by atoms with E-state index in [0.29, 0.717) is 5.56 Å². The Balaban J connectivity index is 1.80. The van der Waals surface area contributed by atoms with Gasteiger partial charge in [0.2, 0.25) is 0 Å². The van der Waals surface area contributed by atoms with E-state index in [-0.39, 0.29) is 32.7 Å². The Hall–Kier alpha value is -3.16. The van der Waals surface area contributed by atoms with E-state index in [9.17, 15) is 26.2 Å². The molecule has 36 heavy (non-hydrogen) atoms. The van der Waals surface area contributed by atoms with Crippen LogP contribution in [0.4, 0.5) is 11.5 Å². The molecule has 1 amide bonds. The van der Waals surface area contributed by atoms with Gasteiger partial charge < -0.3 is 20.1 Å². The van der Waals surface area contributed by atoms with E-state index < -0.39 is 38.7 Å². The number of aromatic nitrogens is 2. The number of nitrogens with two attached hydrogens (primary N) is 1. The Morgan fingerprint density at radius 2 is 1.53 bits per heavy atom. The van der Waals surface area contributed by atoms with Crippen LogP contribution in [0.15, 0.2) is 64.5 Å². The highest BCUT2D eigenvalue weighted by Gasteiger charge is 2.31. The lowest BCUT2D eigenvalue weighted by atomic mass is 10.1. The summed E-state index contributed by atoms with van der Waals surface area (Å²) in [7, 11) is -9.00. The van der Waals surface area contributed by atoms with Crippen molar-refractivity contribution in [3.8, 4) is 11.3 Å². The smallest absolute Gasteiger partial charge is 0.345 e. The van der Waals surface area contributed by atoms with Gasteiger partial charge in [0.15, 0.2) is 36.7 Å². The summed E-state index contributed by atoms with van der Waals surface area (Å²) < 4.78 is 69.9. The predicted octanol–water partition coefficient (Wildman–Crippen LogP) is 2.60. The number of nitrogen functional groups attached to an aromatic ring is 1. The molecular weight excluding hydrogens is 531 g/mol. The van der Waals surface area contributed by atoms with Gasteiger partial charge in [0, 0.05) is 31.7 Å². The van der Waals surface area contributed by atoms with Crippen LogP contribution in [0.25, 0.3) is 11.3 Å². The van der Waals surface area contributed by atoms with E-state index in [1.54, 1.807) is 0 Å². The molecule has 0 saturated heterocycles. The van der Waals surface area contributed by atoms with E-state index in [1.165, 1.54) is 54.7 Å². The fourth-order valence-corrected chi connectivity index (χ4v) is 7.41. The summed E-state index contributed by atoms with van der Waals surface area (Å²) in [4.78, 5) is 21.0. The number of hydrogen-bond donors (Lipinski definition) is 2. The quantitative estimate of drug-likeness (QED) is 0.370. The van der Waals surface area contributed by atoms with Crippen LogP contribution in [0.1, 0.15) is 10.5 Å². The summed E-state index contributed by atoms with van der Waals surface area (Å²) in [6, 6.07) is 11.0. The van der Waals surface area contributed by atoms with E-state index in [0.717, 1.165) is 20.5 Å². The summed E-state index contributed by atoms with van der Waals surface area (Å²) in [6.07, 6.45) is 2.44. The van der Waals surface area contributed by atoms with Crippen molar-refractivity contribution in [3.05, 3.63) is 60.4 Å². The SMILES string of the molecule is COP(=O)(CS(=O)(=O)c1ccc(NC(=O)c2nc(-c3ccc(S(C)(=O)=O)cc3)cnc2N)cc1)OC. The van der Waals surface area contributed by atoms with Gasteiger partial charge in [-0.1, -0.05) is 12.1 Å². The molecule has 0 bridgehead atoms. The van der Waals surface area contributed by atoms with Crippen molar-refractivity contribution in [2.45, 2.75) is 9.79 Å². The van der Waals surface area contributed by atoms with Crippen molar-refractivity contribution in [2.75, 3.05) is 37.0 Å². The second kappa shape index (κ2) is 10.4. The summed E-state index contributed by atoms with van der Waals surface area (Å²) >= 11 is 0. The van der Waals surface area contributed by atoms with Crippen LogP contribution >= 0.6 is 7.60 Å². The number of anilines is 2. The second-order valence-electron chi connectivity index (χ2n) is 7.48. The Labute approximate surface area is 208 Å². The average Bonchev–Trinajstić information content (AvgIpc) is 2.84. The fourth-order valence-electron chi connectivity index (χ4n) is 2.98. The molecule has 1 aromatic heterocycles. The second-order valence-corrected chi connectivity index (χ2v) is 14.2. The molecule has 0 aliphatic carbocycles. The van der Waals surface area contributed by atoms with Gasteiger partial charge in [0.25, 0.3) is 5.91 Å². The first kappa shape index (κ1) is 27.4. The number of benzene rings is 2. The summed E-state index contributed by atoms with van der Waals surface area (Å²) in [5, 5.41) is 2.56. The van der Waals surface area contributed by atoms with Gasteiger partial charge >= 0.3 is 7.60 Å². The Bertz CT molecular complexity index is 1530. The highest BCUT2D eigenvalue weighted by Crippen LogP contribution is 2.48. The normalized spacial score (nSPS) is 12.3. The highest BCUT2D eigenvalue weighted by molar-refractivity contribution is 7.97. The zero-order chi connectivity index (χ0) is 26.7. The van der Waals surface area contributed by atoms with Crippen LogP contribution in [0.2, 0.25) is 0 Å². The molecule has 3 N–H and O–H groups in total. The van der Waals surface area contributed by atoms with Crippen LogP contribution in [0.5, 0.6) is 0 Å². The van der Waals surface area contributed by atoms with E-state index in [1.807, 2.05) is 0 Å². The van der Waals surface area contributed by atoms with Crippen molar-refractivity contribution >= 4 is 44.7 Å². The van der Waals surface area contributed by atoms with Gasteiger partial charge in [-0.25, -0.2) is 26.8 Å². The maximum atomic E-state index is 12.8. The summed E-state index contributed by atoms with van der Waals surface area (Å²) in [6.45, 7) is 0. The molecule has 2 aromatic carbocycles. The highest BCUT2D eigenvalue weighted by atomic mass is 32.2. The monoisotopic (exact) mass is 554 g/mol. The molecule has 0 saturated carbocycles. The first-order chi connectivity index (χ1) is 16.8. The van der Waals surface area contributed by atoms with E-state index in [4.69, 9.17) is 5.73 Å². The van der Waals surface area contributed by atoms with Crippen molar-refractivity contribution < 1.29 is 35.2 Å². The first-order valence-electron chi connectivity index (χ1n) is 10.1. The number of carbonyl (C=O) groups is 1. The molecule has 15 heteroatoms. The lowest BCUT2D eigenvalue weighted by Gasteiger charge is -2.14. The Kier molecular flexibility index (Phi) is 7.96. The van der Waals surface area contributed by atoms with E-state index >= 15 is 0 Å². The largest absolute Gasteiger partial charge is 0.382 e. The molecule has 3 aromatic rings. The number of amides is 1. The number of nitrogens with zero attached hydrogens (tertiary/aromatic N) is 2. The van der Waals surface area contributed by atoms with Gasteiger partial charge in [-0.3, -0.25) is 9.36 Å². The Morgan fingerprint density at radius 3 is 2.06 bits per heavy atom. The minimum Gasteiger partial charge on any atom is -0.382 e. The van der Waals surface area contributed by atoms with Gasteiger partial charge in [0.05, 0.1) is 21.7 Å². The zero-order valence-corrected chi connectivity index (χ0v) is 21.9. The summed E-state index contributed by atoms with van der Waals surface area (Å²) in [5.41, 5.74) is 5.84. The standard InChI is InChI=1S/C21H23N4O8PS2/c1-32-34(27,33-2)13-36(30,31)17-10-6-15(7-11-17)24-21(26)19-20(22)23-12-18(25-19)14-4-8-16(9-5-14)35(3,28)29/h4-12H,13H2,1-3H3,(H2,22,23)(H,24,26). The number of nitrogens with one attached hydrogen (secondary N) is 1. The molecule has 3 rings (SSSR count). The molecule has 0 fully saturated rings. The topological polar surface area (TPSA) is 185 Å². The lowest BCUT2D eigenvalue weighted by Crippen LogP contribution is -2.17. The lowest BCUT2D eigenvalue weighted by molar-refractivity contribution is 0.102. The maximum Gasteiger partial charge on any atom is 0.345 e. The molecular formula is C21H23N4O8PS2. The van der Waals surface area contributed by atoms with Crippen LogP contribution in [0.3, 0.4) is 0 Å². The van der Waals surface area contributed by atoms with Crippen molar-refractivity contribution in [2.24, 2.45) is 0 Å². The molecule has 192 valence electrons.